The fourth-order valence-electron chi connectivity index (χ4n) is 4.05. The zero-order valence-electron chi connectivity index (χ0n) is 20.2. The Morgan fingerprint density at radius 1 is 0.639 bits per heavy atom. The number of carbonyl (C=O) groups is 6. The maximum atomic E-state index is 12.7. The number of hydrogen-bond acceptors (Lipinski definition) is 12. The Kier molecular flexibility index (Phi) is 8.28. The number of esters is 6. The van der Waals surface area contributed by atoms with E-state index in [0.717, 1.165) is 0 Å². The SMILES string of the molecule is CCOC(=O)C(C(=O)OCC)[C@H]1OC(=O)c2cc3c(cc21)C(=O)O[C@@H]3C(C(=O)OCC)C(=O)OCC. The molecule has 0 saturated heterocycles. The molecule has 0 spiro atoms. The van der Waals surface area contributed by atoms with Crippen molar-refractivity contribution in [2.24, 2.45) is 11.8 Å². The minimum atomic E-state index is -1.63. The summed E-state index contributed by atoms with van der Waals surface area (Å²) < 4.78 is 30.5. The molecule has 12 nitrogen and oxygen atoms in total. The van der Waals surface area contributed by atoms with Crippen LogP contribution in [0.25, 0.3) is 0 Å². The second-order valence-electron chi connectivity index (χ2n) is 7.64. The third kappa shape index (κ3) is 4.88. The maximum absolute atomic E-state index is 12.7. The van der Waals surface area contributed by atoms with Crippen molar-refractivity contribution < 1.29 is 57.2 Å². The molecule has 2 heterocycles. The van der Waals surface area contributed by atoms with Crippen LogP contribution in [0.15, 0.2) is 12.1 Å². The molecule has 0 saturated carbocycles. The number of fused-ring (bicyclic) bond motifs is 2. The summed E-state index contributed by atoms with van der Waals surface area (Å²) in [6.07, 6.45) is -2.85. The van der Waals surface area contributed by atoms with Gasteiger partial charge in [-0.2, -0.15) is 0 Å². The van der Waals surface area contributed by atoms with Crippen molar-refractivity contribution in [1.82, 2.24) is 0 Å². The number of hydrogen-bond donors (Lipinski definition) is 0. The Morgan fingerprint density at radius 3 is 1.17 bits per heavy atom. The Morgan fingerprint density at radius 2 is 0.917 bits per heavy atom. The van der Waals surface area contributed by atoms with Gasteiger partial charge in [-0.05, 0) is 39.8 Å². The summed E-state index contributed by atoms with van der Waals surface area (Å²) in [6.45, 7) is 6.02. The summed E-state index contributed by atoms with van der Waals surface area (Å²) in [5, 5.41) is 0. The van der Waals surface area contributed by atoms with Crippen LogP contribution in [0.4, 0.5) is 0 Å². The number of carbonyl (C=O) groups excluding carboxylic acids is 6. The first-order valence-electron chi connectivity index (χ1n) is 11.5. The molecule has 194 valence electrons. The molecule has 0 fully saturated rings. The average molecular weight is 506 g/mol. The molecule has 0 amide bonds. The molecule has 0 bridgehead atoms. The first kappa shape index (κ1) is 26.6. The zero-order valence-corrected chi connectivity index (χ0v) is 20.2. The lowest BCUT2D eigenvalue weighted by atomic mass is 9.88. The molecule has 0 aliphatic carbocycles. The highest BCUT2D eigenvalue weighted by Crippen LogP contribution is 2.44. The predicted molar refractivity (Wildman–Crippen MR) is 116 cm³/mol. The van der Waals surface area contributed by atoms with E-state index in [2.05, 4.69) is 0 Å². The topological polar surface area (TPSA) is 158 Å². The number of benzene rings is 1. The molecule has 0 N–H and O–H groups in total. The summed E-state index contributed by atoms with van der Waals surface area (Å²) in [6, 6.07) is 2.47. The van der Waals surface area contributed by atoms with Gasteiger partial charge in [-0.3, -0.25) is 19.2 Å². The lowest BCUT2D eigenvalue weighted by molar-refractivity contribution is -0.169. The van der Waals surface area contributed by atoms with Crippen LogP contribution in [0.2, 0.25) is 0 Å². The van der Waals surface area contributed by atoms with Gasteiger partial charge in [-0.25, -0.2) is 9.59 Å². The monoisotopic (exact) mass is 506 g/mol. The van der Waals surface area contributed by atoms with Crippen LogP contribution in [-0.4, -0.2) is 62.2 Å². The highest BCUT2D eigenvalue weighted by Gasteiger charge is 2.51. The van der Waals surface area contributed by atoms with Crippen LogP contribution in [-0.2, 0) is 47.6 Å². The molecule has 2 aliphatic rings. The Bertz CT molecular complexity index is 969. The standard InChI is InChI=1S/C24H26O12/c1-5-31-21(27)15(22(28)32-6-2)17-11-9-14-12(10-13(11)19(25)35-17)18(36-20(14)26)16(23(29)33-7-3)24(30)34-8-4/h9-10,15-18H,5-8H2,1-4H3/t17-,18-/m0/s1. The molecule has 0 radical (unpaired) electrons. The van der Waals surface area contributed by atoms with Crippen LogP contribution < -0.4 is 0 Å². The minimum absolute atomic E-state index is 0.0381. The zero-order chi connectivity index (χ0) is 26.6. The molecule has 0 aromatic heterocycles. The van der Waals surface area contributed by atoms with Crippen LogP contribution in [0, 0.1) is 11.8 Å². The quantitative estimate of drug-likeness (QED) is 0.257. The van der Waals surface area contributed by atoms with Gasteiger partial charge in [-0.1, -0.05) is 0 Å². The van der Waals surface area contributed by atoms with Gasteiger partial charge in [0.05, 0.1) is 37.6 Å². The fourth-order valence-corrected chi connectivity index (χ4v) is 4.05. The fraction of sp³-hybridized carbons (Fsp3) is 0.500. The smallest absolute Gasteiger partial charge is 0.339 e. The van der Waals surface area contributed by atoms with E-state index in [-0.39, 0.29) is 48.7 Å². The minimum Gasteiger partial charge on any atom is -0.465 e. The highest BCUT2D eigenvalue weighted by atomic mass is 16.6. The van der Waals surface area contributed by atoms with Gasteiger partial charge in [0.15, 0.2) is 24.0 Å². The molecular formula is C24H26O12. The largest absolute Gasteiger partial charge is 0.465 e. The summed E-state index contributed by atoms with van der Waals surface area (Å²) in [7, 11) is 0. The van der Waals surface area contributed by atoms with E-state index in [4.69, 9.17) is 28.4 Å². The second kappa shape index (κ2) is 11.2. The van der Waals surface area contributed by atoms with Gasteiger partial charge in [0.1, 0.15) is 0 Å². The van der Waals surface area contributed by atoms with Crippen molar-refractivity contribution in [2.75, 3.05) is 26.4 Å². The first-order valence-corrected chi connectivity index (χ1v) is 11.5. The van der Waals surface area contributed by atoms with Crippen LogP contribution in [0.5, 0.6) is 0 Å². The van der Waals surface area contributed by atoms with E-state index < -0.39 is 59.9 Å². The van der Waals surface area contributed by atoms with E-state index in [1.54, 1.807) is 27.7 Å². The average Bonchev–Trinajstić information content (AvgIpc) is 3.30. The summed E-state index contributed by atoms with van der Waals surface area (Å²) in [5.41, 5.74) is -0.0308. The number of cyclic esters (lactones) is 2. The molecule has 1 aromatic rings. The third-order valence-electron chi connectivity index (χ3n) is 5.51. The van der Waals surface area contributed by atoms with Gasteiger partial charge in [-0.15, -0.1) is 0 Å². The van der Waals surface area contributed by atoms with E-state index in [0.29, 0.717) is 0 Å². The lowest BCUT2D eigenvalue weighted by Gasteiger charge is -2.21. The van der Waals surface area contributed by atoms with Gasteiger partial charge < -0.3 is 28.4 Å². The summed E-state index contributed by atoms with van der Waals surface area (Å²) in [4.78, 5) is 75.7. The van der Waals surface area contributed by atoms with Crippen molar-refractivity contribution in [3.8, 4) is 0 Å². The third-order valence-corrected chi connectivity index (χ3v) is 5.51. The number of rotatable bonds is 10. The molecule has 3 rings (SSSR count). The van der Waals surface area contributed by atoms with E-state index in [1.807, 2.05) is 0 Å². The molecule has 0 unspecified atom stereocenters. The predicted octanol–water partition coefficient (Wildman–Crippen LogP) is 1.59. The summed E-state index contributed by atoms with van der Waals surface area (Å²) in [5.74, 6) is -8.91. The van der Waals surface area contributed by atoms with Gasteiger partial charge in [0.2, 0.25) is 0 Å². The maximum Gasteiger partial charge on any atom is 0.339 e. The first-order chi connectivity index (χ1) is 17.2. The van der Waals surface area contributed by atoms with Crippen molar-refractivity contribution >= 4 is 35.8 Å². The van der Waals surface area contributed by atoms with Crippen molar-refractivity contribution in [2.45, 2.75) is 39.9 Å². The Balaban J connectivity index is 2.08. The molecule has 1 aromatic carbocycles. The molecule has 2 atom stereocenters. The molecular weight excluding hydrogens is 480 g/mol. The second-order valence-corrected chi connectivity index (χ2v) is 7.64. The molecule has 2 aliphatic heterocycles. The lowest BCUT2D eigenvalue weighted by Crippen LogP contribution is -2.33. The highest BCUT2D eigenvalue weighted by molar-refractivity contribution is 6.04. The van der Waals surface area contributed by atoms with Gasteiger partial charge >= 0.3 is 35.8 Å². The van der Waals surface area contributed by atoms with Crippen molar-refractivity contribution in [3.05, 3.63) is 34.4 Å². The van der Waals surface area contributed by atoms with E-state index in [9.17, 15) is 28.8 Å². The van der Waals surface area contributed by atoms with Gasteiger partial charge in [0.25, 0.3) is 0 Å². The van der Waals surface area contributed by atoms with E-state index in [1.165, 1.54) is 12.1 Å². The molecule has 36 heavy (non-hydrogen) atoms. The normalized spacial score (nSPS) is 17.7. The van der Waals surface area contributed by atoms with Crippen molar-refractivity contribution in [1.29, 1.82) is 0 Å². The Hall–Kier alpha value is -3.96. The summed E-state index contributed by atoms with van der Waals surface area (Å²) >= 11 is 0. The molecule has 12 heteroatoms. The van der Waals surface area contributed by atoms with Crippen LogP contribution >= 0.6 is 0 Å². The van der Waals surface area contributed by atoms with Gasteiger partial charge in [0, 0.05) is 11.1 Å². The van der Waals surface area contributed by atoms with Crippen LogP contribution in [0.3, 0.4) is 0 Å². The van der Waals surface area contributed by atoms with Crippen molar-refractivity contribution in [3.63, 3.8) is 0 Å². The van der Waals surface area contributed by atoms with E-state index >= 15 is 0 Å². The van der Waals surface area contributed by atoms with Crippen LogP contribution in [0.1, 0.15) is 71.7 Å². The number of ether oxygens (including phenoxy) is 6. The Labute approximate surface area is 206 Å².